The fourth-order valence-corrected chi connectivity index (χ4v) is 3.17. The van der Waals surface area contributed by atoms with Gasteiger partial charge >= 0.3 is 0 Å². The smallest absolute Gasteiger partial charge is 0.269 e. The van der Waals surface area contributed by atoms with Crippen LogP contribution in [0, 0.1) is 10.1 Å². The lowest BCUT2D eigenvalue weighted by atomic mass is 10.2. The van der Waals surface area contributed by atoms with Crippen molar-refractivity contribution < 1.29 is 19.2 Å². The number of nitrogens with one attached hydrogen (secondary N) is 1. The standard InChI is InChI=1S/C19H16N4O5S/c1-27-15-8-5-13(16(10-15)28-2)11-20-22-19-21-18(24)17(29-19)9-12-3-6-14(7-4-12)23(25)26/h3-11H,1-2H3,(H,21,22,24)/b17-9-,20-11?. The topological polar surface area (TPSA) is 115 Å². The Bertz CT molecular complexity index is 1030. The number of ether oxygens (including phenoxy) is 2. The third-order valence-corrected chi connectivity index (χ3v) is 4.74. The predicted molar refractivity (Wildman–Crippen MR) is 111 cm³/mol. The van der Waals surface area contributed by atoms with Crippen molar-refractivity contribution in [3.8, 4) is 11.5 Å². The maximum Gasteiger partial charge on any atom is 0.269 e. The fraction of sp³-hybridized carbons (Fsp3) is 0.105. The lowest BCUT2D eigenvalue weighted by molar-refractivity contribution is -0.384. The van der Waals surface area contributed by atoms with Gasteiger partial charge in [0.2, 0.25) is 0 Å². The molecule has 0 radical (unpaired) electrons. The second-order valence-corrected chi connectivity index (χ2v) is 6.70. The maximum atomic E-state index is 12.1. The molecule has 1 N–H and O–H groups in total. The summed E-state index contributed by atoms with van der Waals surface area (Å²) in [6.45, 7) is 0. The van der Waals surface area contributed by atoms with Crippen LogP contribution < -0.4 is 14.8 Å². The highest BCUT2D eigenvalue weighted by molar-refractivity contribution is 8.18. The van der Waals surface area contributed by atoms with E-state index >= 15 is 0 Å². The molecule has 148 valence electrons. The minimum Gasteiger partial charge on any atom is -0.497 e. The van der Waals surface area contributed by atoms with E-state index in [1.54, 1.807) is 50.6 Å². The Morgan fingerprint density at radius 2 is 1.90 bits per heavy atom. The molecule has 0 saturated carbocycles. The van der Waals surface area contributed by atoms with Gasteiger partial charge in [0, 0.05) is 23.8 Å². The van der Waals surface area contributed by atoms with Gasteiger partial charge in [0.05, 0.1) is 30.3 Å². The first-order valence-electron chi connectivity index (χ1n) is 8.28. The normalized spacial score (nSPS) is 16.4. The molecule has 1 fully saturated rings. The summed E-state index contributed by atoms with van der Waals surface area (Å²) >= 11 is 1.13. The number of amidine groups is 1. The van der Waals surface area contributed by atoms with Crippen LogP contribution in [0.5, 0.6) is 11.5 Å². The molecule has 9 nitrogen and oxygen atoms in total. The lowest BCUT2D eigenvalue weighted by Crippen LogP contribution is -2.19. The van der Waals surface area contributed by atoms with Gasteiger partial charge < -0.3 is 9.47 Å². The van der Waals surface area contributed by atoms with E-state index in [-0.39, 0.29) is 11.6 Å². The summed E-state index contributed by atoms with van der Waals surface area (Å²) in [5.41, 5.74) is 1.36. The number of amides is 1. The van der Waals surface area contributed by atoms with Crippen LogP contribution in [0.15, 0.2) is 57.6 Å². The van der Waals surface area contributed by atoms with Crippen molar-refractivity contribution in [2.45, 2.75) is 0 Å². The Morgan fingerprint density at radius 1 is 1.14 bits per heavy atom. The van der Waals surface area contributed by atoms with Gasteiger partial charge in [-0.1, -0.05) is 0 Å². The van der Waals surface area contributed by atoms with Gasteiger partial charge in [0.25, 0.3) is 11.6 Å². The van der Waals surface area contributed by atoms with E-state index in [0.29, 0.717) is 32.7 Å². The number of nitro benzene ring substituents is 1. The van der Waals surface area contributed by atoms with Crippen LogP contribution in [0.2, 0.25) is 0 Å². The number of benzene rings is 2. The predicted octanol–water partition coefficient (Wildman–Crippen LogP) is 3.21. The first kappa shape index (κ1) is 20.1. The molecule has 0 unspecified atom stereocenters. The first-order valence-corrected chi connectivity index (χ1v) is 9.10. The number of carbonyl (C=O) groups is 1. The van der Waals surface area contributed by atoms with Crippen molar-refractivity contribution >= 4 is 40.8 Å². The zero-order valence-electron chi connectivity index (χ0n) is 15.5. The number of hydrogen-bond acceptors (Lipinski definition) is 8. The molecule has 1 aliphatic heterocycles. The fourth-order valence-electron chi connectivity index (χ4n) is 2.39. The molecule has 1 saturated heterocycles. The molecule has 3 rings (SSSR count). The van der Waals surface area contributed by atoms with E-state index in [1.807, 2.05) is 0 Å². The third kappa shape index (κ3) is 4.99. The summed E-state index contributed by atoms with van der Waals surface area (Å²) in [7, 11) is 3.11. The monoisotopic (exact) mass is 412 g/mol. The van der Waals surface area contributed by atoms with Gasteiger partial charge in [-0.2, -0.15) is 5.10 Å². The van der Waals surface area contributed by atoms with Crippen molar-refractivity contribution in [1.29, 1.82) is 0 Å². The van der Waals surface area contributed by atoms with E-state index < -0.39 is 4.92 Å². The van der Waals surface area contributed by atoms with E-state index in [0.717, 1.165) is 11.8 Å². The van der Waals surface area contributed by atoms with Crippen molar-refractivity contribution in [1.82, 2.24) is 5.32 Å². The molecule has 0 atom stereocenters. The van der Waals surface area contributed by atoms with Crippen LogP contribution in [0.3, 0.4) is 0 Å². The second-order valence-electron chi connectivity index (χ2n) is 5.67. The van der Waals surface area contributed by atoms with Crippen molar-refractivity contribution in [2.75, 3.05) is 14.2 Å². The SMILES string of the molecule is COc1ccc(C=NN=C2NC(=O)/C(=C/c3ccc([N+](=O)[O-])cc3)S2)c(OC)c1. The number of methoxy groups -OCH3 is 2. The Morgan fingerprint density at radius 3 is 2.55 bits per heavy atom. The molecule has 10 heteroatoms. The second kappa shape index (κ2) is 9.02. The summed E-state index contributed by atoms with van der Waals surface area (Å²) < 4.78 is 10.4. The molecule has 2 aromatic rings. The molecule has 1 amide bonds. The van der Waals surface area contributed by atoms with Gasteiger partial charge in [-0.15, -0.1) is 5.10 Å². The highest BCUT2D eigenvalue weighted by Crippen LogP contribution is 2.27. The summed E-state index contributed by atoms with van der Waals surface area (Å²) in [6.07, 6.45) is 3.14. The molecular formula is C19H16N4O5S. The molecule has 29 heavy (non-hydrogen) atoms. The molecule has 2 aromatic carbocycles. The number of nitro groups is 1. The van der Waals surface area contributed by atoms with Gasteiger partial charge in [0.15, 0.2) is 5.17 Å². The average Bonchev–Trinajstić information content (AvgIpc) is 3.07. The molecular weight excluding hydrogens is 396 g/mol. The number of hydrogen-bond donors (Lipinski definition) is 1. The van der Waals surface area contributed by atoms with E-state index in [1.165, 1.54) is 18.3 Å². The zero-order valence-corrected chi connectivity index (χ0v) is 16.3. The lowest BCUT2D eigenvalue weighted by Gasteiger charge is -2.06. The quantitative estimate of drug-likeness (QED) is 0.337. The number of non-ortho nitro benzene ring substituents is 1. The van der Waals surface area contributed by atoms with Crippen LogP contribution in [0.4, 0.5) is 5.69 Å². The number of rotatable bonds is 6. The van der Waals surface area contributed by atoms with Crippen LogP contribution in [0.1, 0.15) is 11.1 Å². The zero-order chi connectivity index (χ0) is 20.8. The number of nitrogens with zero attached hydrogens (tertiary/aromatic N) is 3. The molecule has 0 aliphatic carbocycles. The third-order valence-electron chi connectivity index (χ3n) is 3.84. The van der Waals surface area contributed by atoms with Gasteiger partial charge in [0.1, 0.15) is 11.5 Å². The average molecular weight is 412 g/mol. The number of thioether (sulfide) groups is 1. The molecule has 0 spiro atoms. The summed E-state index contributed by atoms with van der Waals surface area (Å²) in [5.74, 6) is 0.921. The maximum absolute atomic E-state index is 12.1. The summed E-state index contributed by atoms with van der Waals surface area (Å²) in [4.78, 5) is 22.7. The summed E-state index contributed by atoms with van der Waals surface area (Å²) in [5, 5.41) is 21.7. The van der Waals surface area contributed by atoms with Crippen LogP contribution in [0.25, 0.3) is 6.08 Å². The van der Waals surface area contributed by atoms with Crippen molar-refractivity contribution in [3.05, 3.63) is 68.6 Å². The van der Waals surface area contributed by atoms with Gasteiger partial charge in [-0.25, -0.2) is 0 Å². The number of carbonyl (C=O) groups excluding carboxylic acids is 1. The minimum absolute atomic E-state index is 0.0128. The molecule has 0 bridgehead atoms. The summed E-state index contributed by atoms with van der Waals surface area (Å²) in [6, 6.07) is 11.2. The Labute approximate surface area is 170 Å². The minimum atomic E-state index is -0.478. The highest BCUT2D eigenvalue weighted by atomic mass is 32.2. The Kier molecular flexibility index (Phi) is 6.25. The Balaban J connectivity index is 1.72. The molecule has 0 aromatic heterocycles. The van der Waals surface area contributed by atoms with Gasteiger partial charge in [-0.3, -0.25) is 20.2 Å². The first-order chi connectivity index (χ1) is 14.0. The largest absolute Gasteiger partial charge is 0.497 e. The highest BCUT2D eigenvalue weighted by Gasteiger charge is 2.23. The van der Waals surface area contributed by atoms with Crippen LogP contribution in [-0.4, -0.2) is 36.4 Å². The van der Waals surface area contributed by atoms with Crippen molar-refractivity contribution in [2.24, 2.45) is 10.2 Å². The van der Waals surface area contributed by atoms with Crippen LogP contribution >= 0.6 is 11.8 Å². The molecule has 1 aliphatic rings. The van der Waals surface area contributed by atoms with Crippen LogP contribution in [-0.2, 0) is 4.79 Å². The van der Waals surface area contributed by atoms with E-state index in [2.05, 4.69) is 15.5 Å². The van der Waals surface area contributed by atoms with E-state index in [4.69, 9.17) is 9.47 Å². The molecule has 1 heterocycles. The van der Waals surface area contributed by atoms with Gasteiger partial charge in [-0.05, 0) is 47.7 Å². The Hall–Kier alpha value is -3.66. The van der Waals surface area contributed by atoms with E-state index in [9.17, 15) is 14.9 Å². The van der Waals surface area contributed by atoms with Crippen molar-refractivity contribution in [3.63, 3.8) is 0 Å².